The summed E-state index contributed by atoms with van der Waals surface area (Å²) in [5.41, 5.74) is 0. The van der Waals surface area contributed by atoms with Crippen molar-refractivity contribution in [1.29, 1.82) is 0 Å². The molecule has 12 heavy (non-hydrogen) atoms. The lowest BCUT2D eigenvalue weighted by Gasteiger charge is -2.39. The molecule has 0 spiro atoms. The zero-order valence-corrected chi connectivity index (χ0v) is 11.0. The molecule has 72 valence electrons. The smallest absolute Gasteiger partial charge is 0.0647 e. The van der Waals surface area contributed by atoms with E-state index in [1.54, 1.807) is 0 Å². The monoisotopic (exact) mass is 206 g/mol. The first-order valence-electron chi connectivity index (χ1n) is 4.84. The molecule has 0 radical (unpaired) electrons. The summed E-state index contributed by atoms with van der Waals surface area (Å²) in [7, 11) is 1.06. The maximum Gasteiger partial charge on any atom is 0.0647 e. The van der Waals surface area contributed by atoms with E-state index in [1.807, 2.05) is 0 Å². The minimum atomic E-state index is 0.0635. The average Bonchev–Trinajstić information content (AvgIpc) is 2.04. The van der Waals surface area contributed by atoms with Crippen molar-refractivity contribution in [3.63, 3.8) is 0 Å². The summed E-state index contributed by atoms with van der Waals surface area (Å²) in [6, 6.07) is 0. The van der Waals surface area contributed by atoms with Crippen LogP contribution in [0.4, 0.5) is 0 Å². The van der Waals surface area contributed by atoms with E-state index in [1.165, 1.54) is 19.3 Å². The Kier molecular flexibility index (Phi) is 3.62. The molecule has 1 rings (SSSR count). The van der Waals surface area contributed by atoms with Crippen LogP contribution >= 0.6 is 11.6 Å². The van der Waals surface area contributed by atoms with Gasteiger partial charge in [0.15, 0.2) is 0 Å². The molecular formula is C9H19ClOSi. The van der Waals surface area contributed by atoms with Crippen molar-refractivity contribution >= 4 is 21.8 Å². The zero-order chi connectivity index (χ0) is 9.19. The highest BCUT2D eigenvalue weighted by Crippen LogP contribution is 2.32. The highest BCUT2D eigenvalue weighted by Gasteiger charge is 2.36. The second-order valence-electron chi connectivity index (χ2n) is 4.26. The molecule has 0 aromatic heterocycles. The Balaban J connectivity index is 2.56. The van der Waals surface area contributed by atoms with E-state index in [9.17, 15) is 0 Å². The van der Waals surface area contributed by atoms with E-state index in [0.717, 1.165) is 16.8 Å². The maximum atomic E-state index is 6.35. The van der Waals surface area contributed by atoms with E-state index in [4.69, 9.17) is 16.3 Å². The molecule has 1 saturated heterocycles. The van der Waals surface area contributed by atoms with Crippen molar-refractivity contribution in [1.82, 2.24) is 0 Å². The molecule has 0 aliphatic carbocycles. The Bertz CT molecular complexity index is 143. The predicted octanol–water partition coefficient (Wildman–Crippen LogP) is 1.51. The fourth-order valence-electron chi connectivity index (χ4n) is 1.88. The van der Waals surface area contributed by atoms with Crippen LogP contribution in [-0.2, 0) is 4.74 Å². The summed E-state index contributed by atoms with van der Waals surface area (Å²) in [5, 5.41) is 0.276. The first-order valence-corrected chi connectivity index (χ1v) is 6.28. The Morgan fingerprint density at radius 1 is 1.42 bits per heavy atom. The second kappa shape index (κ2) is 4.12. The molecule has 0 aromatic rings. The van der Waals surface area contributed by atoms with Crippen molar-refractivity contribution in [3.8, 4) is 0 Å². The van der Waals surface area contributed by atoms with Gasteiger partial charge in [-0.3, -0.25) is 0 Å². The minimum Gasteiger partial charge on any atom is -0.378 e. The molecule has 1 heterocycles. The van der Waals surface area contributed by atoms with Gasteiger partial charge in [-0.25, -0.2) is 0 Å². The predicted molar refractivity (Wildman–Crippen MR) is 57.0 cm³/mol. The summed E-state index contributed by atoms with van der Waals surface area (Å²) < 4.78 is 5.82. The maximum absolute atomic E-state index is 6.35. The van der Waals surface area contributed by atoms with Gasteiger partial charge in [-0.05, 0) is 25.2 Å². The molecule has 0 N–H and O–H groups in total. The van der Waals surface area contributed by atoms with Crippen molar-refractivity contribution in [2.24, 2.45) is 5.92 Å². The molecule has 0 aromatic carbocycles. The third-order valence-electron chi connectivity index (χ3n) is 2.67. The van der Waals surface area contributed by atoms with Gasteiger partial charge in [0.05, 0.1) is 10.6 Å². The molecule has 0 bridgehead atoms. The highest BCUT2D eigenvalue weighted by molar-refractivity contribution is 6.28. The minimum absolute atomic E-state index is 0.0635. The van der Waals surface area contributed by atoms with Gasteiger partial charge in [-0.2, -0.15) is 0 Å². The van der Waals surface area contributed by atoms with Gasteiger partial charge >= 0.3 is 0 Å². The third-order valence-corrected chi connectivity index (χ3v) is 5.41. The molecule has 1 fully saturated rings. The molecule has 2 unspecified atom stereocenters. The lowest BCUT2D eigenvalue weighted by Crippen LogP contribution is -2.47. The van der Waals surface area contributed by atoms with Crippen LogP contribution in [0.25, 0.3) is 0 Å². The molecule has 3 heteroatoms. The number of rotatable bonds is 2. The van der Waals surface area contributed by atoms with Crippen LogP contribution in [0.5, 0.6) is 0 Å². The normalized spacial score (nSPS) is 34.0. The molecule has 1 aliphatic rings. The zero-order valence-electron chi connectivity index (χ0n) is 8.27. The molecule has 0 saturated carbocycles. The van der Waals surface area contributed by atoms with Gasteiger partial charge in [0.1, 0.15) is 0 Å². The number of hydrogen-bond donors (Lipinski definition) is 0. The second-order valence-corrected chi connectivity index (χ2v) is 6.43. The summed E-state index contributed by atoms with van der Waals surface area (Å²) in [5.74, 6) is 0.530. The molecule has 1 nitrogen and oxygen atoms in total. The fraction of sp³-hybridized carbons (Fsp3) is 1.00. The molecular weight excluding hydrogens is 188 g/mol. The quantitative estimate of drug-likeness (QED) is 0.492. The summed E-state index contributed by atoms with van der Waals surface area (Å²) >= 11 is 6.35. The molecule has 2 atom stereocenters. The van der Waals surface area contributed by atoms with Crippen LogP contribution in [0.15, 0.2) is 0 Å². The van der Waals surface area contributed by atoms with E-state index >= 15 is 0 Å². The number of ether oxygens (including phenoxy) is 1. The molecule has 0 amide bonds. The van der Waals surface area contributed by atoms with E-state index in [2.05, 4.69) is 13.8 Å². The first-order chi connectivity index (χ1) is 5.56. The van der Waals surface area contributed by atoms with E-state index < -0.39 is 0 Å². The Hall–Kier alpha value is 0.467. The van der Waals surface area contributed by atoms with E-state index in [0.29, 0.717) is 5.92 Å². The van der Waals surface area contributed by atoms with Crippen LogP contribution < -0.4 is 0 Å². The van der Waals surface area contributed by atoms with Crippen molar-refractivity contribution in [3.05, 3.63) is 0 Å². The summed E-state index contributed by atoms with van der Waals surface area (Å²) in [4.78, 5) is 0. The highest BCUT2D eigenvalue weighted by atomic mass is 35.5. The van der Waals surface area contributed by atoms with Crippen LogP contribution in [0.3, 0.4) is 0 Å². The topological polar surface area (TPSA) is 9.23 Å². The first kappa shape index (κ1) is 10.5. The lowest BCUT2D eigenvalue weighted by molar-refractivity contribution is -0.0265. The fourth-order valence-corrected chi connectivity index (χ4v) is 3.27. The van der Waals surface area contributed by atoms with Crippen LogP contribution in [0.2, 0.25) is 0 Å². The number of hydrogen-bond acceptors (Lipinski definition) is 1. The average molecular weight is 207 g/mol. The standard InChI is InChI=1S/C9H19ClOSi/c1-7(2)8(10)9(12)5-3-4-6-11-9/h7-8H,3-6H2,1-2,12H3. The number of halogens is 1. The SMILES string of the molecule is CC(C)C(Cl)C1([SiH3])CCCCO1. The van der Waals surface area contributed by atoms with Gasteiger partial charge in [-0.1, -0.05) is 13.8 Å². The summed E-state index contributed by atoms with van der Waals surface area (Å²) in [6.07, 6.45) is 3.68. The Morgan fingerprint density at radius 2 is 2.08 bits per heavy atom. The van der Waals surface area contributed by atoms with Gasteiger partial charge in [0.2, 0.25) is 0 Å². The van der Waals surface area contributed by atoms with Gasteiger partial charge in [0, 0.05) is 16.8 Å². The van der Waals surface area contributed by atoms with Crippen molar-refractivity contribution in [2.75, 3.05) is 6.61 Å². The largest absolute Gasteiger partial charge is 0.378 e. The van der Waals surface area contributed by atoms with Crippen LogP contribution in [-0.4, -0.2) is 27.5 Å². The van der Waals surface area contributed by atoms with Gasteiger partial charge < -0.3 is 4.74 Å². The van der Waals surface area contributed by atoms with E-state index in [-0.39, 0.29) is 10.6 Å². The summed E-state index contributed by atoms with van der Waals surface area (Å²) in [6.45, 7) is 5.27. The lowest BCUT2D eigenvalue weighted by atomic mass is 9.98. The Labute approximate surface area is 83.2 Å². The molecule has 1 aliphatic heterocycles. The van der Waals surface area contributed by atoms with Crippen LogP contribution in [0.1, 0.15) is 33.1 Å². The third kappa shape index (κ3) is 2.24. The van der Waals surface area contributed by atoms with Crippen molar-refractivity contribution in [2.45, 2.75) is 43.7 Å². The Morgan fingerprint density at radius 3 is 2.50 bits per heavy atom. The van der Waals surface area contributed by atoms with Crippen molar-refractivity contribution < 1.29 is 4.74 Å². The number of alkyl halides is 1. The van der Waals surface area contributed by atoms with Gasteiger partial charge in [-0.15, -0.1) is 11.6 Å². The van der Waals surface area contributed by atoms with Crippen LogP contribution in [0, 0.1) is 5.92 Å². The van der Waals surface area contributed by atoms with Gasteiger partial charge in [0.25, 0.3) is 0 Å².